The predicted octanol–water partition coefficient (Wildman–Crippen LogP) is 4.04. The van der Waals surface area contributed by atoms with Crippen LogP contribution in [0.3, 0.4) is 0 Å². The van der Waals surface area contributed by atoms with Crippen molar-refractivity contribution in [1.82, 2.24) is 4.31 Å². The zero-order valence-electron chi connectivity index (χ0n) is 16.7. The first-order valence-corrected chi connectivity index (χ1v) is 11.0. The van der Waals surface area contributed by atoms with Gasteiger partial charge in [0.2, 0.25) is 15.9 Å². The molecule has 0 aliphatic heterocycles. The summed E-state index contributed by atoms with van der Waals surface area (Å²) in [5, 5.41) is 2.81. The SMILES string of the molecule is CCCCOc1ccccc1NC(=O)CCCN(C)S(=O)(=O)c1ccc(F)cc1. The van der Waals surface area contributed by atoms with Crippen LogP contribution in [-0.4, -0.2) is 38.8 Å². The minimum absolute atomic E-state index is 0.0176. The number of nitrogens with one attached hydrogen (secondary N) is 1. The number of rotatable bonds is 11. The Morgan fingerprint density at radius 3 is 2.48 bits per heavy atom. The highest BCUT2D eigenvalue weighted by atomic mass is 32.2. The first-order chi connectivity index (χ1) is 13.8. The summed E-state index contributed by atoms with van der Waals surface area (Å²) in [7, 11) is -2.28. The molecule has 0 radical (unpaired) electrons. The Kier molecular flexibility index (Phi) is 8.60. The van der Waals surface area contributed by atoms with Gasteiger partial charge in [-0.25, -0.2) is 17.1 Å². The Hall–Kier alpha value is -2.45. The third kappa shape index (κ3) is 6.83. The van der Waals surface area contributed by atoms with Crippen LogP contribution in [0.5, 0.6) is 5.75 Å². The normalized spacial score (nSPS) is 11.4. The number of benzene rings is 2. The molecule has 0 aromatic heterocycles. The van der Waals surface area contributed by atoms with Crippen molar-refractivity contribution in [1.29, 1.82) is 0 Å². The summed E-state index contributed by atoms with van der Waals surface area (Å²) in [4.78, 5) is 12.3. The van der Waals surface area contributed by atoms with E-state index in [1.165, 1.54) is 19.2 Å². The molecular formula is C21H27FN2O4S. The van der Waals surface area contributed by atoms with Crippen molar-refractivity contribution in [2.45, 2.75) is 37.5 Å². The van der Waals surface area contributed by atoms with E-state index in [1.807, 2.05) is 12.1 Å². The Labute approximate surface area is 171 Å². The molecule has 29 heavy (non-hydrogen) atoms. The van der Waals surface area contributed by atoms with Gasteiger partial charge in [-0.05, 0) is 49.2 Å². The molecule has 8 heteroatoms. The highest BCUT2D eigenvalue weighted by molar-refractivity contribution is 7.89. The summed E-state index contributed by atoms with van der Waals surface area (Å²) >= 11 is 0. The van der Waals surface area contributed by atoms with Crippen molar-refractivity contribution in [2.75, 3.05) is 25.5 Å². The molecule has 1 amide bonds. The van der Waals surface area contributed by atoms with Gasteiger partial charge in [0.15, 0.2) is 0 Å². The Morgan fingerprint density at radius 2 is 1.79 bits per heavy atom. The van der Waals surface area contributed by atoms with E-state index in [1.54, 1.807) is 12.1 Å². The third-order valence-corrected chi connectivity index (χ3v) is 6.19. The number of hydrogen-bond donors (Lipinski definition) is 1. The Balaban J connectivity index is 1.86. The van der Waals surface area contributed by atoms with Crippen molar-refractivity contribution in [3.8, 4) is 5.75 Å². The molecule has 2 aromatic carbocycles. The first-order valence-electron chi connectivity index (χ1n) is 9.58. The molecule has 0 atom stereocenters. The van der Waals surface area contributed by atoms with E-state index in [2.05, 4.69) is 12.2 Å². The number of sulfonamides is 1. The largest absolute Gasteiger partial charge is 0.491 e. The maximum absolute atomic E-state index is 13.0. The highest BCUT2D eigenvalue weighted by Crippen LogP contribution is 2.24. The van der Waals surface area contributed by atoms with Crippen LogP contribution >= 0.6 is 0 Å². The van der Waals surface area contributed by atoms with Gasteiger partial charge in [-0.15, -0.1) is 0 Å². The second kappa shape index (κ2) is 10.9. The molecule has 6 nitrogen and oxygen atoms in total. The molecule has 1 N–H and O–H groups in total. The standard InChI is InChI=1S/C21H27FN2O4S/c1-3-4-16-28-20-9-6-5-8-19(20)23-21(25)10-7-15-24(2)29(26,27)18-13-11-17(22)12-14-18/h5-6,8-9,11-14H,3-4,7,10,15-16H2,1-2H3,(H,23,25). The summed E-state index contributed by atoms with van der Waals surface area (Å²) in [5.74, 6) is -0.100. The molecule has 0 spiro atoms. The molecule has 2 rings (SSSR count). The van der Waals surface area contributed by atoms with Crippen molar-refractivity contribution >= 4 is 21.6 Å². The molecule has 0 heterocycles. The first kappa shape index (κ1) is 22.8. The van der Waals surface area contributed by atoms with E-state index in [0.29, 0.717) is 24.5 Å². The van der Waals surface area contributed by atoms with Crippen molar-refractivity contribution < 1.29 is 22.3 Å². The summed E-state index contributed by atoms with van der Waals surface area (Å²) in [5.41, 5.74) is 0.598. The number of unbranched alkanes of at least 4 members (excludes halogenated alkanes) is 1. The molecule has 0 aliphatic rings. The molecule has 0 fully saturated rings. The van der Waals surface area contributed by atoms with Gasteiger partial charge in [0.05, 0.1) is 17.2 Å². The lowest BCUT2D eigenvalue weighted by Gasteiger charge is -2.17. The molecule has 0 unspecified atom stereocenters. The topological polar surface area (TPSA) is 75.7 Å². The lowest BCUT2D eigenvalue weighted by Crippen LogP contribution is -2.28. The van der Waals surface area contributed by atoms with Crippen LogP contribution in [-0.2, 0) is 14.8 Å². The third-order valence-electron chi connectivity index (χ3n) is 4.32. The highest BCUT2D eigenvalue weighted by Gasteiger charge is 2.20. The maximum Gasteiger partial charge on any atom is 0.242 e. The monoisotopic (exact) mass is 422 g/mol. The van der Waals surface area contributed by atoms with E-state index >= 15 is 0 Å². The molecule has 0 saturated carbocycles. The lowest BCUT2D eigenvalue weighted by molar-refractivity contribution is -0.116. The summed E-state index contributed by atoms with van der Waals surface area (Å²) in [6, 6.07) is 11.9. The average Bonchev–Trinajstić information content (AvgIpc) is 2.69. The maximum atomic E-state index is 13.0. The number of carbonyl (C=O) groups excluding carboxylic acids is 1. The van der Waals surface area contributed by atoms with Crippen molar-refractivity contribution in [3.63, 3.8) is 0 Å². The van der Waals surface area contributed by atoms with Crippen molar-refractivity contribution in [2.24, 2.45) is 0 Å². The van der Waals surface area contributed by atoms with Crippen LogP contribution in [0, 0.1) is 5.82 Å². The number of anilines is 1. The van der Waals surface area contributed by atoms with Gasteiger partial charge in [0, 0.05) is 20.0 Å². The average molecular weight is 423 g/mol. The Morgan fingerprint density at radius 1 is 1.10 bits per heavy atom. The van der Waals surface area contributed by atoms with E-state index in [-0.39, 0.29) is 23.8 Å². The predicted molar refractivity (Wildman–Crippen MR) is 111 cm³/mol. The molecule has 0 aliphatic carbocycles. The summed E-state index contributed by atoms with van der Waals surface area (Å²) < 4.78 is 44.8. The smallest absolute Gasteiger partial charge is 0.242 e. The van der Waals surface area contributed by atoms with E-state index in [9.17, 15) is 17.6 Å². The van der Waals surface area contributed by atoms with Gasteiger partial charge in [-0.3, -0.25) is 4.79 Å². The van der Waals surface area contributed by atoms with Gasteiger partial charge in [0.1, 0.15) is 11.6 Å². The van der Waals surface area contributed by atoms with E-state index in [4.69, 9.17) is 4.74 Å². The fourth-order valence-corrected chi connectivity index (χ4v) is 3.81. The quantitative estimate of drug-likeness (QED) is 0.555. The van der Waals surface area contributed by atoms with E-state index < -0.39 is 15.8 Å². The zero-order valence-corrected chi connectivity index (χ0v) is 17.5. The van der Waals surface area contributed by atoms with E-state index in [0.717, 1.165) is 29.3 Å². The van der Waals surface area contributed by atoms with Crippen LogP contribution in [0.4, 0.5) is 10.1 Å². The van der Waals surface area contributed by atoms with Crippen LogP contribution in [0.25, 0.3) is 0 Å². The minimum Gasteiger partial charge on any atom is -0.491 e. The second-order valence-corrected chi connectivity index (χ2v) is 8.68. The van der Waals surface area contributed by atoms with Crippen molar-refractivity contribution in [3.05, 3.63) is 54.3 Å². The number of carbonyl (C=O) groups is 1. The number of hydrogen-bond acceptors (Lipinski definition) is 4. The van der Waals surface area contributed by atoms with Gasteiger partial charge in [-0.2, -0.15) is 0 Å². The number of halogens is 1. The fourth-order valence-electron chi connectivity index (χ4n) is 2.60. The fraction of sp³-hybridized carbons (Fsp3) is 0.381. The minimum atomic E-state index is -3.72. The molecule has 158 valence electrons. The number of ether oxygens (including phenoxy) is 1. The molecule has 0 bridgehead atoms. The van der Waals surface area contributed by atoms with Crippen LogP contribution < -0.4 is 10.1 Å². The van der Waals surface area contributed by atoms with Crippen LogP contribution in [0.1, 0.15) is 32.6 Å². The lowest BCUT2D eigenvalue weighted by atomic mass is 10.2. The summed E-state index contributed by atoms with van der Waals surface area (Å²) in [6.07, 6.45) is 2.45. The second-order valence-electron chi connectivity index (χ2n) is 6.63. The Bertz CT molecular complexity index is 901. The van der Waals surface area contributed by atoms with Gasteiger partial charge in [-0.1, -0.05) is 25.5 Å². The molecule has 0 saturated heterocycles. The van der Waals surface area contributed by atoms with Gasteiger partial charge >= 0.3 is 0 Å². The number of amides is 1. The van der Waals surface area contributed by atoms with Gasteiger partial charge < -0.3 is 10.1 Å². The van der Waals surface area contributed by atoms with Gasteiger partial charge in [0.25, 0.3) is 0 Å². The molecular weight excluding hydrogens is 395 g/mol. The summed E-state index contributed by atoms with van der Waals surface area (Å²) in [6.45, 7) is 2.82. The van der Waals surface area contributed by atoms with Crippen LogP contribution in [0.2, 0.25) is 0 Å². The van der Waals surface area contributed by atoms with Crippen LogP contribution in [0.15, 0.2) is 53.4 Å². The number of para-hydroxylation sites is 2. The molecule has 2 aromatic rings. The zero-order chi connectivity index (χ0) is 21.3. The number of nitrogens with zero attached hydrogens (tertiary/aromatic N) is 1.